The van der Waals surface area contributed by atoms with Gasteiger partial charge in [0.1, 0.15) is 16.7 Å². The van der Waals surface area contributed by atoms with Crippen LogP contribution in [0.4, 0.5) is 11.4 Å². The van der Waals surface area contributed by atoms with Gasteiger partial charge in [-0.2, -0.15) is 4.58 Å². The second kappa shape index (κ2) is 24.3. The van der Waals surface area contributed by atoms with Crippen LogP contribution in [-0.2, 0) is 69.1 Å². The summed E-state index contributed by atoms with van der Waals surface area (Å²) in [6.45, 7) is 7.82. The number of nitrogens with zero attached hydrogens (tertiary/aromatic N) is 3. The summed E-state index contributed by atoms with van der Waals surface area (Å²) in [4.78, 5) is 43.4. The second-order valence-electron chi connectivity index (χ2n) is 19.0. The molecule has 0 atom stereocenters. The summed E-state index contributed by atoms with van der Waals surface area (Å²) in [5, 5.41) is 0.559. The van der Waals surface area contributed by atoms with Crippen LogP contribution >= 0.6 is 0 Å². The molecule has 1 spiro atoms. The molecule has 0 aromatic heterocycles. The summed E-state index contributed by atoms with van der Waals surface area (Å²) in [6.07, 6.45) is 14.1. The lowest BCUT2D eigenvalue weighted by Crippen LogP contribution is -2.37. The lowest BCUT2D eigenvalue weighted by molar-refractivity contribution is -0.442. The van der Waals surface area contributed by atoms with Crippen LogP contribution < -0.4 is 9.62 Å². The minimum atomic E-state index is -4.71. The molecule has 1 saturated heterocycles. The number of unbranched alkanes of at least 4 members (excludes halogenated alkanes) is 2. The third-order valence-electron chi connectivity index (χ3n) is 14.0. The van der Waals surface area contributed by atoms with Gasteiger partial charge in [-0.15, -0.1) is 5.06 Å². The molecular weight excluding hydrogens is 965 g/mol. The number of allylic oxidation sites excluding steroid dienone is 4. The van der Waals surface area contributed by atoms with Crippen LogP contribution in [0.3, 0.4) is 0 Å². The molecule has 3 aliphatic heterocycles. The maximum atomic E-state index is 13.1. The summed E-state index contributed by atoms with van der Waals surface area (Å²) >= 11 is 0. The van der Waals surface area contributed by atoms with Crippen LogP contribution in [0.2, 0.25) is 0 Å². The van der Waals surface area contributed by atoms with E-state index in [1.807, 2.05) is 26.0 Å². The van der Waals surface area contributed by atoms with Gasteiger partial charge >= 0.3 is 5.97 Å². The van der Waals surface area contributed by atoms with Crippen LogP contribution in [-0.4, -0.2) is 128 Å². The molecule has 0 radical (unpaired) electrons. The summed E-state index contributed by atoms with van der Waals surface area (Å²) in [6, 6.07) is 18.0. The van der Waals surface area contributed by atoms with Gasteiger partial charge in [0.25, 0.3) is 11.8 Å². The third kappa shape index (κ3) is 12.6. The van der Waals surface area contributed by atoms with Gasteiger partial charge in [-0.3, -0.25) is 9.59 Å². The van der Waals surface area contributed by atoms with Crippen molar-refractivity contribution in [1.29, 1.82) is 0 Å². The Bertz CT molecular complexity index is 2750. The Labute approximate surface area is 423 Å². The number of hydroxylamine groups is 2. The quantitative estimate of drug-likeness (QED) is 0.0373. The average molecular weight is 1030 g/mol. The van der Waals surface area contributed by atoms with Gasteiger partial charge in [0.2, 0.25) is 15.7 Å². The molecule has 17 nitrogen and oxygen atoms in total. The molecule has 7 rings (SSSR count). The third-order valence-corrected chi connectivity index (χ3v) is 16.3. The lowest BCUT2D eigenvalue weighted by atomic mass is 9.67. The van der Waals surface area contributed by atoms with E-state index < -0.39 is 43.3 Å². The van der Waals surface area contributed by atoms with Crippen molar-refractivity contribution in [2.75, 3.05) is 78.4 Å². The van der Waals surface area contributed by atoms with Gasteiger partial charge in [-0.05, 0) is 91.3 Å². The SMILES string of the molecule is COCCOCCNS(=O)(=O)c1ccc(-c2ccc3c(c2)C2(CCCCC2)C(/C=C/C/C=C2\N(CCCCCC(=O)ON4C(=O)CCC4=O)c4ccc(S(=O)(=O)[O-])cc4C2(C)C)=[N+]3CCOCCOC)cc1. The largest absolute Gasteiger partial charge is 0.744 e. The first-order valence-corrected chi connectivity index (χ1v) is 27.8. The molecule has 2 amide bonds. The van der Waals surface area contributed by atoms with Gasteiger partial charge in [0, 0.05) is 81.1 Å². The second-order valence-corrected chi connectivity index (χ2v) is 22.2. The molecule has 2 fully saturated rings. The normalized spacial score (nSPS) is 18.0. The zero-order valence-electron chi connectivity index (χ0n) is 41.8. The first-order valence-electron chi connectivity index (χ1n) is 24.9. The number of imide groups is 1. The topological polar surface area (TPSA) is 210 Å². The van der Waals surface area contributed by atoms with E-state index in [4.69, 9.17) is 23.8 Å². The fraction of sp³-hybridized carbons (Fsp3) is 0.509. The number of ether oxygens (including phenoxy) is 4. The first kappa shape index (κ1) is 54.6. The monoisotopic (exact) mass is 1030 g/mol. The number of rotatable bonds is 26. The van der Waals surface area contributed by atoms with Crippen LogP contribution in [0.25, 0.3) is 11.1 Å². The zero-order valence-corrected chi connectivity index (χ0v) is 43.5. The number of carbonyl (C=O) groups excluding carboxylic acids is 3. The Morgan fingerprint density at radius 3 is 2.12 bits per heavy atom. The zero-order chi connectivity index (χ0) is 51.5. The number of benzene rings is 3. The minimum absolute atomic E-state index is 0.0237. The molecule has 1 aliphatic carbocycles. The fourth-order valence-electron chi connectivity index (χ4n) is 10.3. The number of amides is 2. The predicted molar refractivity (Wildman–Crippen MR) is 269 cm³/mol. The van der Waals surface area contributed by atoms with Crippen LogP contribution in [0.15, 0.2) is 94.4 Å². The maximum absolute atomic E-state index is 13.1. The standard InChI is InChI=1S/C53H68N4O13S2/c1-52(2)43-38-42(72(63,64)65)21-23-45(43)55(29-12-5-7-15-51(60)70-57-49(58)24-25-50(57)59)47(52)13-8-9-14-48-53(26-10-6-11-27-53)44-37-40(18-22-46(44)56(48)30-32-69-36-34-67-4)39-16-19-41(20-17-39)71(61,62)54-28-31-68-35-33-66-3/h9,13-14,16-23,37-38,54H,5-8,10-12,15,24-36H2,1-4H3/b14-9+,47-13-. The molecule has 1 saturated carbocycles. The number of nitrogens with one attached hydrogen (secondary N) is 1. The molecule has 3 aromatic rings. The smallest absolute Gasteiger partial charge is 0.333 e. The molecule has 3 aromatic carbocycles. The van der Waals surface area contributed by atoms with E-state index in [1.165, 1.54) is 23.4 Å². The number of carbonyl (C=O) groups is 3. The Kier molecular flexibility index (Phi) is 18.4. The fourth-order valence-corrected chi connectivity index (χ4v) is 11.8. The molecule has 19 heteroatoms. The van der Waals surface area contributed by atoms with Crippen molar-refractivity contribution in [2.24, 2.45) is 0 Å². The van der Waals surface area contributed by atoms with Gasteiger partial charge < -0.3 is 33.2 Å². The van der Waals surface area contributed by atoms with E-state index in [0.29, 0.717) is 76.9 Å². The number of sulfonamides is 1. The van der Waals surface area contributed by atoms with Gasteiger partial charge in [-0.25, -0.2) is 26.4 Å². The van der Waals surface area contributed by atoms with Crippen molar-refractivity contribution >= 4 is 55.0 Å². The van der Waals surface area contributed by atoms with Gasteiger partial charge in [0.15, 0.2) is 12.3 Å². The molecular formula is C53H68N4O13S2. The maximum Gasteiger partial charge on any atom is 0.333 e. The van der Waals surface area contributed by atoms with Crippen molar-refractivity contribution in [3.8, 4) is 11.1 Å². The number of anilines is 1. The highest BCUT2D eigenvalue weighted by Crippen LogP contribution is 2.51. The highest BCUT2D eigenvalue weighted by molar-refractivity contribution is 7.89. The highest BCUT2D eigenvalue weighted by atomic mass is 32.2. The predicted octanol–water partition coefficient (Wildman–Crippen LogP) is 6.96. The molecule has 72 heavy (non-hydrogen) atoms. The van der Waals surface area contributed by atoms with Crippen molar-refractivity contribution in [3.05, 3.63) is 95.7 Å². The number of hydrogen-bond acceptors (Lipinski definition) is 14. The Morgan fingerprint density at radius 2 is 1.44 bits per heavy atom. The molecule has 4 aliphatic rings. The van der Waals surface area contributed by atoms with E-state index in [0.717, 1.165) is 65.9 Å². The van der Waals surface area contributed by atoms with E-state index in [1.54, 1.807) is 32.4 Å². The molecule has 0 unspecified atom stereocenters. The van der Waals surface area contributed by atoms with Gasteiger partial charge in [0.05, 0.1) is 48.2 Å². The van der Waals surface area contributed by atoms with Crippen molar-refractivity contribution in [2.45, 2.75) is 112 Å². The average Bonchev–Trinajstić information content (AvgIpc) is 3.88. The van der Waals surface area contributed by atoms with E-state index in [9.17, 15) is 35.8 Å². The van der Waals surface area contributed by atoms with Crippen molar-refractivity contribution < 1.29 is 64.1 Å². The molecule has 390 valence electrons. The Morgan fingerprint density at radius 1 is 0.778 bits per heavy atom. The van der Waals surface area contributed by atoms with Crippen molar-refractivity contribution in [3.63, 3.8) is 0 Å². The number of fused-ring (bicyclic) bond motifs is 3. The van der Waals surface area contributed by atoms with Gasteiger partial charge in [-0.1, -0.05) is 63.8 Å². The van der Waals surface area contributed by atoms with Crippen LogP contribution in [0, 0.1) is 0 Å². The van der Waals surface area contributed by atoms with Crippen LogP contribution in [0.5, 0.6) is 0 Å². The van der Waals surface area contributed by atoms with Crippen LogP contribution in [0.1, 0.15) is 102 Å². The highest BCUT2D eigenvalue weighted by Gasteiger charge is 2.51. The first-order chi connectivity index (χ1) is 34.5. The molecule has 1 N–H and O–H groups in total. The summed E-state index contributed by atoms with van der Waals surface area (Å²) < 4.78 is 89.5. The minimum Gasteiger partial charge on any atom is -0.744 e. The number of hydrogen-bond donors (Lipinski definition) is 1. The summed E-state index contributed by atoms with van der Waals surface area (Å²) in [5.41, 5.74) is 6.96. The number of methoxy groups -OCH3 is 2. The Balaban J connectivity index is 1.13. The molecule has 3 heterocycles. The Hall–Kier alpha value is -5.12. The van der Waals surface area contributed by atoms with E-state index >= 15 is 0 Å². The summed E-state index contributed by atoms with van der Waals surface area (Å²) in [7, 11) is -5.23. The molecule has 0 bridgehead atoms. The van der Waals surface area contributed by atoms with E-state index in [2.05, 4.69) is 50.6 Å². The summed E-state index contributed by atoms with van der Waals surface area (Å²) in [5.74, 6) is -1.69. The van der Waals surface area contributed by atoms with Crippen molar-refractivity contribution in [1.82, 2.24) is 9.79 Å². The lowest BCUT2D eigenvalue weighted by Gasteiger charge is -2.32. The van der Waals surface area contributed by atoms with E-state index in [-0.39, 0.29) is 47.6 Å².